The molecular formula is C23H22FN5O3. The maximum Gasteiger partial charge on any atom is 0.511 e. The molecule has 9 heteroatoms. The van der Waals surface area contributed by atoms with E-state index in [1.165, 1.54) is 23.1 Å². The molecule has 0 radical (unpaired) electrons. The van der Waals surface area contributed by atoms with Crippen LogP contribution in [0.25, 0.3) is 28.0 Å². The van der Waals surface area contributed by atoms with Crippen molar-refractivity contribution in [2.24, 2.45) is 0 Å². The number of carbonyl (C=O) groups is 1. The number of anilines is 1. The van der Waals surface area contributed by atoms with Crippen molar-refractivity contribution in [3.05, 3.63) is 60.2 Å². The monoisotopic (exact) mass is 435 g/mol. The first-order valence-corrected chi connectivity index (χ1v) is 10.2. The first kappa shape index (κ1) is 21.2. The van der Waals surface area contributed by atoms with Gasteiger partial charge in [0.25, 0.3) is 5.95 Å². The van der Waals surface area contributed by atoms with Crippen LogP contribution in [0.15, 0.2) is 48.8 Å². The van der Waals surface area contributed by atoms with Crippen LogP contribution in [0.1, 0.15) is 19.4 Å². The van der Waals surface area contributed by atoms with Crippen LogP contribution in [-0.4, -0.2) is 44.1 Å². The number of fused-ring (bicyclic) bond motifs is 1. The number of aromatic nitrogens is 4. The van der Waals surface area contributed by atoms with Crippen molar-refractivity contribution < 1.29 is 19.0 Å². The Kier molecular flexibility index (Phi) is 5.72. The zero-order valence-corrected chi connectivity index (χ0v) is 17.9. The SMILES string of the molecule is CCN(CC)c1nc(-n2cc(OC(=O)O)cn2)nc2cc(F)c(-c3ccccc3C)cc12. The number of halogens is 1. The predicted molar refractivity (Wildman–Crippen MR) is 119 cm³/mol. The second kappa shape index (κ2) is 8.62. The van der Waals surface area contributed by atoms with Crippen molar-refractivity contribution >= 4 is 22.9 Å². The van der Waals surface area contributed by atoms with Gasteiger partial charge in [-0.3, -0.25) is 0 Å². The molecule has 32 heavy (non-hydrogen) atoms. The highest BCUT2D eigenvalue weighted by atomic mass is 19.1. The van der Waals surface area contributed by atoms with E-state index in [-0.39, 0.29) is 11.7 Å². The summed E-state index contributed by atoms with van der Waals surface area (Å²) >= 11 is 0. The minimum atomic E-state index is -1.45. The van der Waals surface area contributed by atoms with Crippen LogP contribution < -0.4 is 9.64 Å². The fourth-order valence-corrected chi connectivity index (χ4v) is 3.64. The smallest absolute Gasteiger partial charge is 0.449 e. The lowest BCUT2D eigenvalue weighted by Crippen LogP contribution is -2.24. The molecule has 8 nitrogen and oxygen atoms in total. The Bertz CT molecular complexity index is 1300. The molecular weight excluding hydrogens is 413 g/mol. The Morgan fingerprint density at radius 1 is 1.16 bits per heavy atom. The van der Waals surface area contributed by atoms with Gasteiger partial charge < -0.3 is 14.7 Å². The molecule has 4 aromatic rings. The normalized spacial score (nSPS) is 11.0. The van der Waals surface area contributed by atoms with Crippen molar-refractivity contribution in [2.75, 3.05) is 18.0 Å². The average molecular weight is 435 g/mol. The molecule has 0 aliphatic heterocycles. The summed E-state index contributed by atoms with van der Waals surface area (Å²) in [5.74, 6) is 0.465. The van der Waals surface area contributed by atoms with E-state index in [1.807, 2.05) is 49.9 Å². The van der Waals surface area contributed by atoms with E-state index >= 15 is 4.39 Å². The van der Waals surface area contributed by atoms with Crippen LogP contribution >= 0.6 is 0 Å². The van der Waals surface area contributed by atoms with Crippen LogP contribution in [0, 0.1) is 12.7 Å². The van der Waals surface area contributed by atoms with E-state index in [0.29, 0.717) is 35.4 Å². The van der Waals surface area contributed by atoms with Crippen molar-refractivity contribution in [3.63, 3.8) is 0 Å². The van der Waals surface area contributed by atoms with E-state index in [2.05, 4.69) is 19.8 Å². The van der Waals surface area contributed by atoms with Gasteiger partial charge in [0, 0.05) is 30.1 Å². The van der Waals surface area contributed by atoms with Crippen molar-refractivity contribution in [2.45, 2.75) is 20.8 Å². The Labute approximate surface area is 183 Å². The molecule has 0 bridgehead atoms. The van der Waals surface area contributed by atoms with Crippen molar-refractivity contribution in [1.29, 1.82) is 0 Å². The van der Waals surface area contributed by atoms with Gasteiger partial charge in [-0.25, -0.2) is 18.9 Å². The molecule has 2 heterocycles. The molecule has 0 spiro atoms. The van der Waals surface area contributed by atoms with Crippen LogP contribution in [0.2, 0.25) is 0 Å². The van der Waals surface area contributed by atoms with Crippen molar-refractivity contribution in [3.8, 4) is 22.8 Å². The number of rotatable bonds is 6. The number of hydrogen-bond donors (Lipinski definition) is 1. The molecule has 0 unspecified atom stereocenters. The van der Waals surface area contributed by atoms with Gasteiger partial charge >= 0.3 is 6.16 Å². The van der Waals surface area contributed by atoms with Gasteiger partial charge in [0.1, 0.15) is 11.6 Å². The minimum Gasteiger partial charge on any atom is -0.449 e. The number of carboxylic acid groups (broad SMARTS) is 1. The zero-order chi connectivity index (χ0) is 22.8. The van der Waals surface area contributed by atoms with Crippen LogP contribution in [0.5, 0.6) is 5.75 Å². The molecule has 0 saturated heterocycles. The largest absolute Gasteiger partial charge is 0.511 e. The third-order valence-corrected chi connectivity index (χ3v) is 5.22. The molecule has 1 N–H and O–H groups in total. The molecule has 164 valence electrons. The first-order chi connectivity index (χ1) is 15.4. The van der Waals surface area contributed by atoms with E-state index in [9.17, 15) is 4.79 Å². The number of aryl methyl sites for hydroxylation is 1. The second-order valence-corrected chi connectivity index (χ2v) is 7.17. The summed E-state index contributed by atoms with van der Waals surface area (Å²) in [6.45, 7) is 7.33. The molecule has 4 rings (SSSR count). The van der Waals surface area contributed by atoms with Crippen LogP contribution in [0.3, 0.4) is 0 Å². The lowest BCUT2D eigenvalue weighted by molar-refractivity contribution is 0.144. The lowest BCUT2D eigenvalue weighted by Gasteiger charge is -2.22. The number of ether oxygens (including phenoxy) is 1. The van der Waals surface area contributed by atoms with Gasteiger partial charge in [-0.2, -0.15) is 10.1 Å². The molecule has 0 atom stereocenters. The summed E-state index contributed by atoms with van der Waals surface area (Å²) in [5.41, 5.74) is 2.68. The highest BCUT2D eigenvalue weighted by Gasteiger charge is 2.18. The summed E-state index contributed by atoms with van der Waals surface area (Å²) in [7, 11) is 0. The summed E-state index contributed by atoms with van der Waals surface area (Å²) < 4.78 is 21.1. The van der Waals surface area contributed by atoms with Crippen molar-refractivity contribution in [1.82, 2.24) is 19.7 Å². The molecule has 0 amide bonds. The summed E-state index contributed by atoms with van der Waals surface area (Å²) in [5, 5.41) is 13.6. The first-order valence-electron chi connectivity index (χ1n) is 10.2. The third-order valence-electron chi connectivity index (χ3n) is 5.22. The van der Waals surface area contributed by atoms with Crippen LogP contribution in [-0.2, 0) is 0 Å². The van der Waals surface area contributed by atoms with Gasteiger partial charge in [0.05, 0.1) is 17.9 Å². The quantitative estimate of drug-likeness (QED) is 0.434. The molecule has 2 aromatic heterocycles. The topological polar surface area (TPSA) is 93.4 Å². The van der Waals surface area contributed by atoms with E-state index in [4.69, 9.17) is 5.11 Å². The Balaban J connectivity index is 1.92. The predicted octanol–water partition coefficient (Wildman–Crippen LogP) is 4.83. The maximum absolute atomic E-state index is 15.2. The number of benzene rings is 2. The van der Waals surface area contributed by atoms with Gasteiger partial charge in [-0.15, -0.1) is 0 Å². The maximum atomic E-state index is 15.2. The second-order valence-electron chi connectivity index (χ2n) is 7.17. The fraction of sp³-hybridized carbons (Fsp3) is 0.217. The molecule has 0 aliphatic rings. The molecule has 0 saturated carbocycles. The van der Waals surface area contributed by atoms with Gasteiger partial charge in [0.15, 0.2) is 5.75 Å². The summed E-state index contributed by atoms with van der Waals surface area (Å²) in [6.07, 6.45) is 1.17. The Hall–Kier alpha value is -4.01. The molecule has 0 fully saturated rings. The highest BCUT2D eigenvalue weighted by Crippen LogP contribution is 2.33. The minimum absolute atomic E-state index is 0.0340. The molecule has 2 aromatic carbocycles. The van der Waals surface area contributed by atoms with E-state index in [0.717, 1.165) is 11.1 Å². The Morgan fingerprint density at radius 2 is 1.91 bits per heavy atom. The Morgan fingerprint density at radius 3 is 2.59 bits per heavy atom. The lowest BCUT2D eigenvalue weighted by atomic mass is 9.98. The fourth-order valence-electron chi connectivity index (χ4n) is 3.64. The van der Waals surface area contributed by atoms with Gasteiger partial charge in [-0.05, 0) is 38.0 Å². The van der Waals surface area contributed by atoms with Gasteiger partial charge in [-0.1, -0.05) is 24.3 Å². The van der Waals surface area contributed by atoms with Gasteiger partial charge in [0.2, 0.25) is 0 Å². The number of nitrogens with zero attached hydrogens (tertiary/aromatic N) is 5. The average Bonchev–Trinajstić information content (AvgIpc) is 3.22. The van der Waals surface area contributed by atoms with E-state index in [1.54, 1.807) is 6.07 Å². The van der Waals surface area contributed by atoms with E-state index < -0.39 is 12.0 Å². The highest BCUT2D eigenvalue weighted by molar-refractivity contribution is 5.94. The standard InChI is InChI=1S/C23H22FN5O3/c1-4-28(5-2)21-18-10-17(16-9-7-6-8-14(16)3)19(24)11-20(18)26-22(27-21)29-13-15(12-25-29)32-23(30)31/h6-13H,4-5H2,1-3H3,(H,30,31). The zero-order valence-electron chi connectivity index (χ0n) is 17.9. The third kappa shape index (κ3) is 3.96. The molecule has 0 aliphatic carbocycles. The summed E-state index contributed by atoms with van der Waals surface area (Å²) in [6, 6.07) is 10.8. The number of hydrogen-bond acceptors (Lipinski definition) is 6. The summed E-state index contributed by atoms with van der Waals surface area (Å²) in [4.78, 5) is 22.0. The van der Waals surface area contributed by atoms with Crippen LogP contribution in [0.4, 0.5) is 15.0 Å².